The van der Waals surface area contributed by atoms with E-state index in [1.54, 1.807) is 43.6 Å². The first-order valence-corrected chi connectivity index (χ1v) is 13.1. The molecule has 2 aromatic heterocycles. The number of anilines is 1. The molecule has 3 heterocycles. The molecular weight excluding hydrogens is 480 g/mol. The zero-order chi connectivity index (χ0) is 25.9. The highest BCUT2D eigenvalue weighted by atomic mass is 32.2. The van der Waals surface area contributed by atoms with Gasteiger partial charge in [0.15, 0.2) is 5.03 Å². The third kappa shape index (κ3) is 5.59. The number of nitrogens with zero attached hydrogens (tertiary/aromatic N) is 3. The van der Waals surface area contributed by atoms with Gasteiger partial charge in [-0.05, 0) is 62.1 Å². The lowest BCUT2D eigenvalue weighted by atomic mass is 9.97. The molecule has 4 rings (SSSR count). The average molecular weight is 511 g/mol. The van der Waals surface area contributed by atoms with E-state index < -0.39 is 15.9 Å². The second kappa shape index (κ2) is 10.1. The van der Waals surface area contributed by atoms with E-state index in [2.05, 4.69) is 40.4 Å². The summed E-state index contributed by atoms with van der Waals surface area (Å²) in [7, 11) is -2.67. The molecule has 0 spiro atoms. The number of carbonyl (C=O) groups is 1. The highest BCUT2D eigenvalue weighted by Gasteiger charge is 2.39. The molecule has 10 heteroatoms. The van der Waals surface area contributed by atoms with Crippen LogP contribution in [0, 0.1) is 5.92 Å². The van der Waals surface area contributed by atoms with Crippen LogP contribution < -0.4 is 19.1 Å². The number of nitrogens with one attached hydrogen (secondary N) is 1. The van der Waals surface area contributed by atoms with Crippen LogP contribution in [0.3, 0.4) is 0 Å². The fraction of sp³-hybridized carbons (Fsp3) is 0.346. The van der Waals surface area contributed by atoms with Crippen LogP contribution in [0.5, 0.6) is 11.6 Å². The monoisotopic (exact) mass is 510 g/mol. The van der Waals surface area contributed by atoms with Crippen LogP contribution in [0.25, 0.3) is 0 Å². The van der Waals surface area contributed by atoms with Crippen molar-refractivity contribution in [3.05, 3.63) is 71.9 Å². The predicted molar refractivity (Wildman–Crippen MR) is 136 cm³/mol. The Morgan fingerprint density at radius 1 is 1.14 bits per heavy atom. The van der Waals surface area contributed by atoms with Crippen molar-refractivity contribution in [2.45, 2.75) is 44.4 Å². The van der Waals surface area contributed by atoms with E-state index >= 15 is 0 Å². The van der Waals surface area contributed by atoms with Crippen molar-refractivity contribution >= 4 is 21.7 Å². The van der Waals surface area contributed by atoms with Gasteiger partial charge in [-0.3, -0.25) is 4.79 Å². The smallest absolute Gasteiger partial charge is 0.281 e. The Bertz CT molecular complexity index is 1340. The Kier molecular flexibility index (Phi) is 7.16. The molecule has 36 heavy (non-hydrogen) atoms. The number of amides is 1. The van der Waals surface area contributed by atoms with Crippen LogP contribution in [0.4, 0.5) is 5.82 Å². The summed E-state index contributed by atoms with van der Waals surface area (Å²) in [6, 6.07) is 14.9. The maximum Gasteiger partial charge on any atom is 0.281 e. The number of hydrogen-bond acceptors (Lipinski definition) is 8. The van der Waals surface area contributed by atoms with Crippen molar-refractivity contribution in [2.24, 2.45) is 5.92 Å². The summed E-state index contributed by atoms with van der Waals surface area (Å²) < 4.78 is 39.0. The van der Waals surface area contributed by atoms with E-state index in [0.717, 1.165) is 24.3 Å². The summed E-state index contributed by atoms with van der Waals surface area (Å²) >= 11 is 0. The van der Waals surface area contributed by atoms with Gasteiger partial charge >= 0.3 is 0 Å². The Labute approximate surface area is 211 Å². The largest absolute Gasteiger partial charge is 0.497 e. The molecule has 0 aliphatic carbocycles. The van der Waals surface area contributed by atoms with Crippen molar-refractivity contribution in [3.8, 4) is 11.6 Å². The van der Waals surface area contributed by atoms with Crippen molar-refractivity contribution in [1.82, 2.24) is 14.7 Å². The zero-order valence-corrected chi connectivity index (χ0v) is 21.6. The molecule has 1 aliphatic heterocycles. The van der Waals surface area contributed by atoms with E-state index in [1.165, 1.54) is 12.1 Å². The maximum atomic E-state index is 13.1. The number of sulfonamides is 1. The minimum Gasteiger partial charge on any atom is -0.497 e. The molecule has 0 saturated carbocycles. The highest BCUT2D eigenvalue weighted by Crippen LogP contribution is 2.37. The number of pyridine rings is 2. The van der Waals surface area contributed by atoms with Crippen molar-refractivity contribution < 1.29 is 22.7 Å². The van der Waals surface area contributed by atoms with Crippen LogP contribution in [-0.2, 0) is 16.6 Å². The van der Waals surface area contributed by atoms with Crippen molar-refractivity contribution in [2.75, 3.05) is 18.6 Å². The Hall–Kier alpha value is -3.66. The lowest BCUT2D eigenvalue weighted by Crippen LogP contribution is -2.41. The van der Waals surface area contributed by atoms with Gasteiger partial charge in [0.25, 0.3) is 15.9 Å². The Balaban J connectivity index is 1.50. The molecule has 1 aliphatic rings. The molecule has 0 bridgehead atoms. The molecule has 3 aromatic rings. The van der Waals surface area contributed by atoms with Crippen LogP contribution in [-0.4, -0.2) is 43.5 Å². The molecule has 1 saturated heterocycles. The summed E-state index contributed by atoms with van der Waals surface area (Å²) in [6.07, 6.45) is 2.54. The first kappa shape index (κ1) is 25.4. The SMILES string of the molecule is COc1ccc(COc2cccc(S(=O)(=O)NC(=O)c3cccnc3N3CC(C)CC3(C)C)n2)cc1. The Morgan fingerprint density at radius 2 is 1.89 bits per heavy atom. The van der Waals surface area contributed by atoms with E-state index in [9.17, 15) is 13.2 Å². The molecule has 1 amide bonds. The normalized spacial score (nSPS) is 17.0. The molecule has 1 fully saturated rings. The fourth-order valence-corrected chi connectivity index (χ4v) is 5.41. The molecule has 1 N–H and O–H groups in total. The summed E-state index contributed by atoms with van der Waals surface area (Å²) in [5.41, 5.74) is 0.844. The van der Waals surface area contributed by atoms with Crippen LogP contribution in [0.15, 0.2) is 65.8 Å². The summed E-state index contributed by atoms with van der Waals surface area (Å²) in [6.45, 7) is 7.24. The number of hydrogen-bond donors (Lipinski definition) is 1. The van der Waals surface area contributed by atoms with Gasteiger partial charge in [-0.1, -0.05) is 25.1 Å². The molecule has 190 valence electrons. The predicted octanol–water partition coefficient (Wildman–Crippen LogP) is 3.81. The van der Waals surface area contributed by atoms with Gasteiger partial charge in [-0.15, -0.1) is 0 Å². The summed E-state index contributed by atoms with van der Waals surface area (Å²) in [4.78, 5) is 23.7. The summed E-state index contributed by atoms with van der Waals surface area (Å²) in [5, 5.41) is -0.316. The molecule has 1 aromatic carbocycles. The van der Waals surface area contributed by atoms with Crippen LogP contribution in [0.2, 0.25) is 0 Å². The van der Waals surface area contributed by atoms with Gasteiger partial charge in [-0.25, -0.2) is 9.71 Å². The van der Waals surface area contributed by atoms with E-state index in [-0.39, 0.29) is 28.6 Å². The van der Waals surface area contributed by atoms with Gasteiger partial charge in [0.1, 0.15) is 18.2 Å². The van der Waals surface area contributed by atoms with Gasteiger partial charge in [0.2, 0.25) is 5.88 Å². The second-order valence-corrected chi connectivity index (χ2v) is 11.1. The Morgan fingerprint density at radius 3 is 2.56 bits per heavy atom. The number of ether oxygens (including phenoxy) is 2. The topological polar surface area (TPSA) is 111 Å². The third-order valence-electron chi connectivity index (χ3n) is 6.11. The molecule has 1 unspecified atom stereocenters. The first-order valence-electron chi connectivity index (χ1n) is 11.6. The highest BCUT2D eigenvalue weighted by molar-refractivity contribution is 7.90. The number of carbonyl (C=O) groups excluding carboxylic acids is 1. The van der Waals surface area contributed by atoms with Gasteiger partial charge in [-0.2, -0.15) is 13.4 Å². The standard InChI is InChI=1S/C26H30N4O5S/c1-18-15-26(2,3)30(16-18)24-21(7-6-14-27-24)25(31)29-36(32,33)23-9-5-8-22(28-23)35-17-19-10-12-20(34-4)13-11-19/h5-14,18H,15-17H2,1-4H3,(H,29,31). The maximum absolute atomic E-state index is 13.1. The summed E-state index contributed by atoms with van der Waals surface area (Å²) in [5.74, 6) is 0.965. The van der Waals surface area contributed by atoms with E-state index in [4.69, 9.17) is 9.47 Å². The van der Waals surface area contributed by atoms with Crippen LogP contribution >= 0.6 is 0 Å². The lowest BCUT2D eigenvalue weighted by molar-refractivity contribution is 0.0981. The minimum atomic E-state index is -4.26. The second-order valence-electron chi connectivity index (χ2n) is 9.49. The minimum absolute atomic E-state index is 0.121. The first-order chi connectivity index (χ1) is 17.1. The molecule has 0 radical (unpaired) electrons. The molecule has 1 atom stereocenters. The molecule has 9 nitrogen and oxygen atoms in total. The number of methoxy groups -OCH3 is 1. The fourth-order valence-electron chi connectivity index (χ4n) is 4.48. The third-order valence-corrected chi connectivity index (χ3v) is 7.34. The van der Waals surface area contributed by atoms with Crippen LogP contribution in [0.1, 0.15) is 43.1 Å². The number of aromatic nitrogens is 2. The van der Waals surface area contributed by atoms with Crippen molar-refractivity contribution in [1.29, 1.82) is 0 Å². The van der Waals surface area contributed by atoms with Gasteiger partial charge in [0, 0.05) is 24.3 Å². The van der Waals surface area contributed by atoms with E-state index in [0.29, 0.717) is 11.7 Å². The number of rotatable bonds is 8. The number of benzene rings is 1. The zero-order valence-electron chi connectivity index (χ0n) is 20.8. The average Bonchev–Trinajstić information content (AvgIpc) is 3.14. The quantitative estimate of drug-likeness (QED) is 0.487. The van der Waals surface area contributed by atoms with E-state index in [1.807, 2.05) is 12.1 Å². The lowest BCUT2D eigenvalue weighted by Gasteiger charge is -2.33. The molecular formula is C26H30N4O5S. The van der Waals surface area contributed by atoms with Crippen molar-refractivity contribution in [3.63, 3.8) is 0 Å². The van der Waals surface area contributed by atoms with Gasteiger partial charge in [0.05, 0.1) is 12.7 Å². The van der Waals surface area contributed by atoms with Gasteiger partial charge < -0.3 is 14.4 Å².